The Morgan fingerprint density at radius 1 is 1.09 bits per heavy atom. The molecule has 2 rings (SSSR count). The van der Waals surface area contributed by atoms with E-state index in [-0.39, 0.29) is 22.9 Å². The van der Waals surface area contributed by atoms with Crippen LogP contribution in [0.3, 0.4) is 0 Å². The average Bonchev–Trinajstić information content (AvgIpc) is 2.95. The minimum Gasteiger partial charge on any atom is -0.475 e. The summed E-state index contributed by atoms with van der Waals surface area (Å²) in [5.74, 6) is 3.82. The van der Waals surface area contributed by atoms with E-state index in [0.29, 0.717) is 32.1 Å². The van der Waals surface area contributed by atoms with Crippen molar-refractivity contribution < 1.29 is 18.4 Å². The van der Waals surface area contributed by atoms with Gasteiger partial charge in [-0.25, -0.2) is 4.99 Å². The van der Waals surface area contributed by atoms with Crippen molar-refractivity contribution in [1.29, 1.82) is 0 Å². The molecule has 0 amide bonds. The summed E-state index contributed by atoms with van der Waals surface area (Å²) in [7, 11) is -1.34. The average molecular weight is 606 g/mol. The lowest BCUT2D eigenvalue weighted by Gasteiger charge is -2.43. The number of terminal acetylenes is 1. The summed E-state index contributed by atoms with van der Waals surface area (Å²) < 4.78 is 24.1. The number of hydrogen-bond donors (Lipinski definition) is 0. The Balaban J connectivity index is 1.89. The molecule has 0 aromatic heterocycles. The van der Waals surface area contributed by atoms with E-state index in [0.717, 1.165) is 28.0 Å². The standard InChI is InChI=1S/C37H51NO4S/c1-12-34(35-25-33(20-19-28(35)3)42-43(10,11)37(7,8)9)29(4)21-23-38-36(13-2)41-30(5)22-24-39-26-31(6)40-27-32-17-15-14-16-18-32/h1,13-21,23,25,30-31,34H,2,4,22,24,26-27H2,3,5-11H3/b23-21-,38-36?/t30-,31-,34?/m1/s1. The van der Waals surface area contributed by atoms with E-state index in [4.69, 9.17) is 24.8 Å². The van der Waals surface area contributed by atoms with E-state index in [1.807, 2.05) is 57.2 Å². The van der Waals surface area contributed by atoms with E-state index < -0.39 is 10.3 Å². The third kappa shape index (κ3) is 12.1. The minimum atomic E-state index is -1.34. The fourth-order valence-corrected chi connectivity index (χ4v) is 4.64. The van der Waals surface area contributed by atoms with Gasteiger partial charge in [0.2, 0.25) is 5.90 Å². The first-order chi connectivity index (χ1) is 20.3. The molecule has 43 heavy (non-hydrogen) atoms. The first-order valence-corrected chi connectivity index (χ1v) is 17.1. The summed E-state index contributed by atoms with van der Waals surface area (Å²) >= 11 is 0. The molecule has 0 bridgehead atoms. The van der Waals surface area contributed by atoms with Crippen molar-refractivity contribution in [2.75, 3.05) is 25.7 Å². The van der Waals surface area contributed by atoms with Gasteiger partial charge in [0.1, 0.15) is 5.75 Å². The number of benzene rings is 2. The van der Waals surface area contributed by atoms with Crippen LogP contribution in [-0.2, 0) is 20.8 Å². The summed E-state index contributed by atoms with van der Waals surface area (Å²) in [4.78, 5) is 4.44. The lowest BCUT2D eigenvalue weighted by atomic mass is 9.89. The van der Waals surface area contributed by atoms with E-state index in [2.05, 4.69) is 75.6 Å². The molecule has 0 aliphatic heterocycles. The van der Waals surface area contributed by atoms with Crippen LogP contribution in [0.2, 0.25) is 0 Å². The van der Waals surface area contributed by atoms with Crippen molar-refractivity contribution in [2.45, 2.75) is 77.4 Å². The van der Waals surface area contributed by atoms with Crippen LogP contribution in [0.5, 0.6) is 5.75 Å². The van der Waals surface area contributed by atoms with Crippen molar-refractivity contribution in [3.8, 4) is 18.1 Å². The Bertz CT molecular complexity index is 1280. The van der Waals surface area contributed by atoms with Gasteiger partial charge in [-0.3, -0.25) is 0 Å². The molecule has 0 spiro atoms. The molecule has 0 heterocycles. The highest BCUT2D eigenvalue weighted by molar-refractivity contribution is 8.30. The molecule has 1 unspecified atom stereocenters. The van der Waals surface area contributed by atoms with Crippen LogP contribution in [0.15, 0.2) is 90.6 Å². The maximum absolute atomic E-state index is 6.48. The van der Waals surface area contributed by atoms with Gasteiger partial charge in [0.25, 0.3) is 0 Å². The van der Waals surface area contributed by atoms with Gasteiger partial charge in [0.15, 0.2) is 0 Å². The smallest absolute Gasteiger partial charge is 0.212 e. The van der Waals surface area contributed by atoms with Gasteiger partial charge in [-0.1, -0.05) is 65.8 Å². The number of hydrogen-bond acceptors (Lipinski definition) is 5. The highest BCUT2D eigenvalue weighted by atomic mass is 32.3. The van der Waals surface area contributed by atoms with Crippen LogP contribution in [0.25, 0.3) is 0 Å². The molecule has 5 nitrogen and oxygen atoms in total. The summed E-state index contributed by atoms with van der Waals surface area (Å²) in [6.45, 7) is 22.4. The maximum atomic E-state index is 6.48. The zero-order valence-electron chi connectivity index (χ0n) is 27.4. The lowest BCUT2D eigenvalue weighted by Crippen LogP contribution is -2.27. The normalized spacial score (nSPS) is 14.9. The van der Waals surface area contributed by atoms with Crippen molar-refractivity contribution in [3.63, 3.8) is 0 Å². The molecule has 0 radical (unpaired) electrons. The second kappa shape index (κ2) is 17.2. The van der Waals surface area contributed by atoms with Gasteiger partial charge in [0.05, 0.1) is 37.9 Å². The third-order valence-electron chi connectivity index (χ3n) is 7.26. The molecule has 234 valence electrons. The highest BCUT2D eigenvalue weighted by Gasteiger charge is 2.30. The lowest BCUT2D eigenvalue weighted by molar-refractivity contribution is -0.0197. The predicted molar refractivity (Wildman–Crippen MR) is 185 cm³/mol. The Labute approximate surface area is 262 Å². The summed E-state index contributed by atoms with van der Waals surface area (Å²) in [5.41, 5.74) is 3.98. The number of aliphatic imine (C=N–C) groups is 1. The molecule has 2 aromatic carbocycles. The molecule has 0 fully saturated rings. The summed E-state index contributed by atoms with van der Waals surface area (Å²) in [6.07, 6.45) is 16.0. The van der Waals surface area contributed by atoms with E-state index >= 15 is 0 Å². The van der Waals surface area contributed by atoms with E-state index in [1.165, 1.54) is 0 Å². The summed E-state index contributed by atoms with van der Waals surface area (Å²) in [5, 5.41) is 0. The van der Waals surface area contributed by atoms with Crippen molar-refractivity contribution in [1.82, 2.24) is 0 Å². The second-order valence-corrected chi connectivity index (χ2v) is 15.9. The Hall–Kier alpha value is -3.24. The highest BCUT2D eigenvalue weighted by Crippen LogP contribution is 2.53. The minimum absolute atomic E-state index is 0.00188. The van der Waals surface area contributed by atoms with Gasteiger partial charge >= 0.3 is 0 Å². The molecule has 0 saturated carbocycles. The van der Waals surface area contributed by atoms with Gasteiger partial charge in [0, 0.05) is 17.4 Å². The van der Waals surface area contributed by atoms with Crippen LogP contribution in [0, 0.1) is 19.3 Å². The van der Waals surface area contributed by atoms with Crippen LogP contribution in [-0.4, -0.2) is 48.6 Å². The number of nitrogens with zero attached hydrogens (tertiary/aromatic N) is 1. The molecule has 0 N–H and O–H groups in total. The monoisotopic (exact) mass is 605 g/mol. The fraction of sp³-hybridized carbons (Fsp3) is 0.432. The summed E-state index contributed by atoms with van der Waals surface area (Å²) in [6, 6.07) is 16.2. The number of rotatable bonds is 16. The first kappa shape index (κ1) is 36.0. The van der Waals surface area contributed by atoms with Crippen LogP contribution < -0.4 is 4.18 Å². The first-order valence-electron chi connectivity index (χ1n) is 14.7. The predicted octanol–water partition coefficient (Wildman–Crippen LogP) is 8.94. The SMILES string of the molecule is C#CC(C(=C)/C=C\N=C(C=C)O[C@H](C)CCOC[C@@H](C)OCc1ccccc1)c1cc(OS(C)(C)C(C)(C)C)ccc1C. The molecular weight excluding hydrogens is 554 g/mol. The Morgan fingerprint density at radius 3 is 2.42 bits per heavy atom. The third-order valence-corrected chi connectivity index (χ3v) is 10.8. The van der Waals surface area contributed by atoms with Gasteiger partial charge in [-0.05, 0) is 101 Å². The molecular formula is C37H51NO4S. The van der Waals surface area contributed by atoms with Crippen molar-refractivity contribution >= 4 is 16.2 Å². The molecule has 3 atom stereocenters. The topological polar surface area (TPSA) is 49.3 Å². The van der Waals surface area contributed by atoms with Crippen LogP contribution in [0.4, 0.5) is 0 Å². The quantitative estimate of drug-likeness (QED) is 0.0630. The second-order valence-electron chi connectivity index (χ2n) is 12.0. The van der Waals surface area contributed by atoms with E-state index in [9.17, 15) is 0 Å². The zero-order valence-corrected chi connectivity index (χ0v) is 28.2. The zero-order chi connectivity index (χ0) is 32.0. The van der Waals surface area contributed by atoms with Gasteiger partial charge in [-0.2, -0.15) is 0 Å². The number of ether oxygens (including phenoxy) is 3. The van der Waals surface area contributed by atoms with Crippen LogP contribution >= 0.6 is 10.3 Å². The molecule has 0 saturated heterocycles. The van der Waals surface area contributed by atoms with E-state index in [1.54, 1.807) is 12.3 Å². The number of allylic oxidation sites excluding steroid dienone is 2. The Kier molecular flexibility index (Phi) is 14.3. The van der Waals surface area contributed by atoms with Crippen LogP contribution in [0.1, 0.15) is 63.6 Å². The Morgan fingerprint density at radius 2 is 1.79 bits per heavy atom. The van der Waals surface area contributed by atoms with Gasteiger partial charge < -0.3 is 18.4 Å². The maximum Gasteiger partial charge on any atom is 0.212 e. The van der Waals surface area contributed by atoms with Crippen molar-refractivity contribution in [3.05, 3.63) is 102 Å². The van der Waals surface area contributed by atoms with Crippen molar-refractivity contribution in [2.24, 2.45) is 4.99 Å². The molecule has 2 aromatic rings. The molecule has 0 aliphatic carbocycles. The molecule has 0 aliphatic rings. The fourth-order valence-electron chi connectivity index (χ4n) is 3.80. The molecule has 6 heteroatoms. The number of aryl methyl sites for hydroxylation is 1. The van der Waals surface area contributed by atoms with Gasteiger partial charge in [-0.15, -0.1) is 6.42 Å². The largest absolute Gasteiger partial charge is 0.475 e.